The van der Waals surface area contributed by atoms with Gasteiger partial charge in [0.25, 0.3) is 0 Å². The number of piperidine rings is 1. The minimum Gasteiger partial charge on any atom is -0.444 e. The number of hydrogen-bond acceptors (Lipinski definition) is 3. The van der Waals surface area contributed by atoms with Crippen LogP contribution in [0.5, 0.6) is 0 Å². The number of likely N-dealkylation sites (tertiary alicyclic amines) is 1. The lowest BCUT2D eigenvalue weighted by molar-refractivity contribution is 0.00356. The maximum atomic E-state index is 15.5. The standard InChI is InChI=1S/C18H25FN2O2/c1-17(2,3)23-16(22)21-10-6-7-13-11-18(19,12-14(13)21)15-8-4-5-9-20-15/h4-5,8-9,13-14H,6-7,10-12H2,1-3H3. The van der Waals surface area contributed by atoms with Gasteiger partial charge < -0.3 is 9.64 Å². The monoisotopic (exact) mass is 320 g/mol. The van der Waals surface area contributed by atoms with Crippen LogP contribution in [0.1, 0.15) is 52.1 Å². The second kappa shape index (κ2) is 5.77. The van der Waals surface area contributed by atoms with Gasteiger partial charge >= 0.3 is 6.09 Å². The van der Waals surface area contributed by atoms with Crippen molar-refractivity contribution in [3.8, 4) is 0 Å². The lowest BCUT2D eigenvalue weighted by Gasteiger charge is -2.38. The number of rotatable bonds is 1. The van der Waals surface area contributed by atoms with Gasteiger partial charge in [0.05, 0.1) is 5.69 Å². The molecule has 1 saturated heterocycles. The van der Waals surface area contributed by atoms with Crippen LogP contribution in [0.2, 0.25) is 0 Å². The van der Waals surface area contributed by atoms with E-state index in [-0.39, 0.29) is 18.1 Å². The van der Waals surface area contributed by atoms with Crippen molar-refractivity contribution < 1.29 is 13.9 Å². The molecule has 0 spiro atoms. The number of aromatic nitrogens is 1. The first kappa shape index (κ1) is 16.2. The van der Waals surface area contributed by atoms with E-state index in [2.05, 4.69) is 4.98 Å². The lowest BCUT2D eigenvalue weighted by Crippen LogP contribution is -2.48. The van der Waals surface area contributed by atoms with Crippen LogP contribution in [0.4, 0.5) is 9.18 Å². The van der Waals surface area contributed by atoms with Crippen LogP contribution in [0.25, 0.3) is 0 Å². The predicted molar refractivity (Wildman–Crippen MR) is 85.7 cm³/mol. The number of halogens is 1. The summed E-state index contributed by atoms with van der Waals surface area (Å²) in [6, 6.07) is 5.26. The molecule has 4 nitrogen and oxygen atoms in total. The molecular weight excluding hydrogens is 295 g/mol. The minimum absolute atomic E-state index is 0.0920. The summed E-state index contributed by atoms with van der Waals surface area (Å²) in [5, 5.41) is 0. The van der Waals surface area contributed by atoms with Crippen molar-refractivity contribution in [3.63, 3.8) is 0 Å². The van der Waals surface area contributed by atoms with E-state index < -0.39 is 11.3 Å². The molecule has 1 aliphatic carbocycles. The Morgan fingerprint density at radius 1 is 1.39 bits per heavy atom. The van der Waals surface area contributed by atoms with Gasteiger partial charge in [-0.15, -0.1) is 0 Å². The largest absolute Gasteiger partial charge is 0.444 e. The number of nitrogens with zero attached hydrogens (tertiary/aromatic N) is 2. The van der Waals surface area contributed by atoms with Gasteiger partial charge in [0.15, 0.2) is 5.67 Å². The molecule has 23 heavy (non-hydrogen) atoms. The summed E-state index contributed by atoms with van der Waals surface area (Å²) >= 11 is 0. The second-order valence-electron chi connectivity index (χ2n) is 7.73. The van der Waals surface area contributed by atoms with E-state index in [1.165, 1.54) is 0 Å². The molecule has 1 amide bonds. The van der Waals surface area contributed by atoms with Crippen LogP contribution < -0.4 is 0 Å². The molecule has 5 heteroatoms. The Hall–Kier alpha value is -1.65. The van der Waals surface area contributed by atoms with Gasteiger partial charge in [-0.2, -0.15) is 0 Å². The molecule has 3 unspecified atom stereocenters. The van der Waals surface area contributed by atoms with Crippen molar-refractivity contribution in [3.05, 3.63) is 30.1 Å². The van der Waals surface area contributed by atoms with Crippen molar-refractivity contribution in [1.82, 2.24) is 9.88 Å². The fraction of sp³-hybridized carbons (Fsp3) is 0.667. The topological polar surface area (TPSA) is 42.4 Å². The Morgan fingerprint density at radius 2 is 2.17 bits per heavy atom. The molecule has 2 heterocycles. The lowest BCUT2D eigenvalue weighted by atomic mass is 9.92. The average molecular weight is 320 g/mol. The first-order valence-electron chi connectivity index (χ1n) is 8.39. The van der Waals surface area contributed by atoms with Crippen LogP contribution >= 0.6 is 0 Å². The van der Waals surface area contributed by atoms with Gasteiger partial charge in [-0.25, -0.2) is 9.18 Å². The van der Waals surface area contributed by atoms with Crippen molar-refractivity contribution in [1.29, 1.82) is 0 Å². The fourth-order valence-corrected chi connectivity index (χ4v) is 3.87. The maximum Gasteiger partial charge on any atom is 0.410 e. The number of ether oxygens (including phenoxy) is 1. The quantitative estimate of drug-likeness (QED) is 0.784. The van der Waals surface area contributed by atoms with Gasteiger partial charge in [-0.1, -0.05) is 6.07 Å². The summed E-state index contributed by atoms with van der Waals surface area (Å²) in [5.41, 5.74) is -1.49. The van der Waals surface area contributed by atoms with Crippen LogP contribution in [-0.4, -0.2) is 34.2 Å². The maximum absolute atomic E-state index is 15.5. The Balaban J connectivity index is 1.79. The van der Waals surface area contributed by atoms with Gasteiger partial charge in [-0.3, -0.25) is 4.98 Å². The van der Waals surface area contributed by atoms with E-state index in [9.17, 15) is 4.79 Å². The number of pyridine rings is 1. The SMILES string of the molecule is CC(C)(C)OC(=O)N1CCCC2CC(F)(c3ccccn3)CC21. The van der Waals surface area contributed by atoms with Gasteiger partial charge in [0.2, 0.25) is 0 Å². The van der Waals surface area contributed by atoms with Crippen molar-refractivity contribution in [2.75, 3.05) is 6.54 Å². The summed E-state index contributed by atoms with van der Waals surface area (Å²) in [4.78, 5) is 18.4. The molecular formula is C18H25FN2O2. The molecule has 0 radical (unpaired) electrons. The molecule has 2 fully saturated rings. The summed E-state index contributed by atoms with van der Waals surface area (Å²) in [5.74, 6) is 0.184. The van der Waals surface area contributed by atoms with Crippen LogP contribution in [0.3, 0.4) is 0 Å². The fourth-order valence-electron chi connectivity index (χ4n) is 3.87. The molecule has 0 bridgehead atoms. The molecule has 1 aromatic rings. The number of alkyl halides is 1. The first-order valence-corrected chi connectivity index (χ1v) is 8.39. The van der Waals surface area contributed by atoms with Crippen LogP contribution in [0.15, 0.2) is 24.4 Å². The smallest absolute Gasteiger partial charge is 0.410 e. The zero-order chi connectivity index (χ0) is 16.7. The summed E-state index contributed by atoms with van der Waals surface area (Å²) in [7, 11) is 0. The van der Waals surface area contributed by atoms with Gasteiger partial charge in [-0.05, 0) is 58.1 Å². The predicted octanol–water partition coefficient (Wildman–Crippen LogP) is 4.06. The van der Waals surface area contributed by atoms with E-state index in [1.807, 2.05) is 26.8 Å². The molecule has 0 N–H and O–H groups in total. The molecule has 2 aliphatic rings. The summed E-state index contributed by atoms with van der Waals surface area (Å²) in [6.07, 6.45) is 3.92. The Bertz CT molecular complexity index is 572. The summed E-state index contributed by atoms with van der Waals surface area (Å²) in [6.45, 7) is 6.21. The summed E-state index contributed by atoms with van der Waals surface area (Å²) < 4.78 is 21.0. The van der Waals surface area contributed by atoms with E-state index in [0.29, 0.717) is 25.1 Å². The molecule has 126 valence electrons. The van der Waals surface area contributed by atoms with Crippen molar-refractivity contribution >= 4 is 6.09 Å². The number of carbonyl (C=O) groups excluding carboxylic acids is 1. The van der Waals surface area contributed by atoms with E-state index in [0.717, 1.165) is 12.8 Å². The van der Waals surface area contributed by atoms with Crippen LogP contribution in [-0.2, 0) is 10.4 Å². The normalized spacial score (nSPS) is 30.9. The highest BCUT2D eigenvalue weighted by Crippen LogP contribution is 2.49. The van der Waals surface area contributed by atoms with Crippen molar-refractivity contribution in [2.45, 2.75) is 63.8 Å². The van der Waals surface area contributed by atoms with Crippen LogP contribution in [0, 0.1) is 5.92 Å². The number of amides is 1. The van der Waals surface area contributed by atoms with Crippen molar-refractivity contribution in [2.24, 2.45) is 5.92 Å². The number of fused-ring (bicyclic) bond motifs is 1. The van der Waals surface area contributed by atoms with Gasteiger partial charge in [0.1, 0.15) is 5.60 Å². The first-order chi connectivity index (χ1) is 10.8. The van der Waals surface area contributed by atoms with Gasteiger partial charge in [0, 0.05) is 25.2 Å². The highest BCUT2D eigenvalue weighted by Gasteiger charge is 2.52. The van der Waals surface area contributed by atoms with E-state index in [4.69, 9.17) is 4.74 Å². The molecule has 3 atom stereocenters. The van der Waals surface area contributed by atoms with E-state index in [1.54, 1.807) is 23.2 Å². The third-order valence-corrected chi connectivity index (χ3v) is 4.79. The third kappa shape index (κ3) is 3.33. The minimum atomic E-state index is -1.44. The second-order valence-corrected chi connectivity index (χ2v) is 7.73. The average Bonchev–Trinajstić information content (AvgIpc) is 2.83. The molecule has 1 aromatic heterocycles. The number of hydrogen-bond donors (Lipinski definition) is 0. The Labute approximate surface area is 137 Å². The molecule has 3 rings (SSSR count). The third-order valence-electron chi connectivity index (χ3n) is 4.79. The highest BCUT2D eigenvalue weighted by atomic mass is 19.1. The number of carbonyl (C=O) groups is 1. The van der Waals surface area contributed by atoms with E-state index >= 15 is 4.39 Å². The zero-order valence-electron chi connectivity index (χ0n) is 14.1. The molecule has 0 aromatic carbocycles. The molecule has 1 aliphatic heterocycles. The zero-order valence-corrected chi connectivity index (χ0v) is 14.1. The Kier molecular flexibility index (Phi) is 4.07. The Morgan fingerprint density at radius 3 is 2.83 bits per heavy atom. The molecule has 1 saturated carbocycles. The highest BCUT2D eigenvalue weighted by molar-refractivity contribution is 5.69.